The first-order chi connectivity index (χ1) is 12.2. The van der Waals surface area contributed by atoms with Crippen LogP contribution in [0.1, 0.15) is 5.69 Å². The molecule has 0 atom stereocenters. The Morgan fingerprint density at radius 2 is 1.85 bits per heavy atom. The number of sulfonamides is 1. The van der Waals surface area contributed by atoms with E-state index in [9.17, 15) is 21.6 Å². The predicted molar refractivity (Wildman–Crippen MR) is 90.8 cm³/mol. The van der Waals surface area contributed by atoms with Crippen LogP contribution in [0.15, 0.2) is 47.5 Å². The Labute approximate surface area is 147 Å². The standard InChI is InChI=1S/C16H15F3N4O2S/c17-16(18,19)14-9-13-12(5-7-21-15(13)23-14)10-1-3-11(4-2-10)26(24,25)22-8-6-20/h1-5,7,9,22H,6,8,20H2,(H,21,23). The van der Waals surface area contributed by atoms with Crippen LogP contribution >= 0.6 is 0 Å². The monoisotopic (exact) mass is 384 g/mol. The van der Waals surface area contributed by atoms with Crippen LogP contribution in [-0.2, 0) is 16.2 Å². The molecule has 26 heavy (non-hydrogen) atoms. The zero-order chi connectivity index (χ0) is 18.9. The van der Waals surface area contributed by atoms with Gasteiger partial charge < -0.3 is 10.7 Å². The van der Waals surface area contributed by atoms with E-state index in [0.29, 0.717) is 16.5 Å². The maximum atomic E-state index is 12.9. The van der Waals surface area contributed by atoms with Crippen LogP contribution in [0.25, 0.3) is 22.2 Å². The zero-order valence-electron chi connectivity index (χ0n) is 13.3. The topological polar surface area (TPSA) is 101 Å². The molecule has 0 bridgehead atoms. The summed E-state index contributed by atoms with van der Waals surface area (Å²) >= 11 is 0. The molecule has 3 rings (SSSR count). The van der Waals surface area contributed by atoms with Crippen LogP contribution in [0.5, 0.6) is 0 Å². The summed E-state index contributed by atoms with van der Waals surface area (Å²) in [5, 5.41) is 0.302. The van der Waals surface area contributed by atoms with Gasteiger partial charge in [-0.1, -0.05) is 12.1 Å². The molecule has 2 aromatic heterocycles. The molecule has 3 aromatic rings. The van der Waals surface area contributed by atoms with Crippen molar-refractivity contribution >= 4 is 21.1 Å². The molecule has 0 fully saturated rings. The molecular weight excluding hydrogens is 369 g/mol. The number of nitrogens with one attached hydrogen (secondary N) is 2. The maximum absolute atomic E-state index is 12.9. The molecule has 0 spiro atoms. The fraction of sp³-hybridized carbons (Fsp3) is 0.188. The SMILES string of the molecule is NCCNS(=O)(=O)c1ccc(-c2ccnc3[nH]c(C(F)(F)F)cc23)cc1. The number of pyridine rings is 1. The Bertz CT molecular complexity index is 1030. The van der Waals surface area contributed by atoms with Gasteiger partial charge in [-0.3, -0.25) is 0 Å². The molecule has 0 radical (unpaired) electrons. The minimum absolute atomic E-state index is 0.0463. The van der Waals surface area contributed by atoms with Crippen molar-refractivity contribution in [3.63, 3.8) is 0 Å². The van der Waals surface area contributed by atoms with Gasteiger partial charge in [0.05, 0.1) is 4.90 Å². The van der Waals surface area contributed by atoms with Crippen molar-refractivity contribution in [2.75, 3.05) is 13.1 Å². The molecule has 0 saturated carbocycles. The molecule has 0 saturated heterocycles. The summed E-state index contributed by atoms with van der Waals surface area (Å²) in [5.74, 6) is 0. The number of rotatable bonds is 5. The Balaban J connectivity index is 2.01. The molecule has 1 aromatic carbocycles. The first-order valence-electron chi connectivity index (χ1n) is 7.57. The fourth-order valence-electron chi connectivity index (χ4n) is 2.52. The van der Waals surface area contributed by atoms with Gasteiger partial charge in [0, 0.05) is 24.7 Å². The van der Waals surface area contributed by atoms with Gasteiger partial charge in [0.1, 0.15) is 11.3 Å². The summed E-state index contributed by atoms with van der Waals surface area (Å²) < 4.78 is 65.2. The highest BCUT2D eigenvalue weighted by molar-refractivity contribution is 7.89. The Morgan fingerprint density at radius 1 is 1.15 bits per heavy atom. The normalized spacial score (nSPS) is 12.6. The van der Waals surface area contributed by atoms with E-state index < -0.39 is 21.9 Å². The minimum Gasteiger partial charge on any atom is -0.336 e. The summed E-state index contributed by atoms with van der Waals surface area (Å²) in [7, 11) is -3.68. The highest BCUT2D eigenvalue weighted by Crippen LogP contribution is 2.34. The van der Waals surface area contributed by atoms with E-state index in [0.717, 1.165) is 6.07 Å². The molecular formula is C16H15F3N4O2S. The predicted octanol–water partition coefficient (Wildman–Crippen LogP) is 2.49. The van der Waals surface area contributed by atoms with Crippen molar-refractivity contribution < 1.29 is 21.6 Å². The van der Waals surface area contributed by atoms with Gasteiger partial charge in [0.25, 0.3) is 0 Å². The lowest BCUT2D eigenvalue weighted by atomic mass is 10.0. The average molecular weight is 384 g/mol. The van der Waals surface area contributed by atoms with E-state index in [1.165, 1.54) is 30.5 Å². The van der Waals surface area contributed by atoms with E-state index in [1.807, 2.05) is 0 Å². The quantitative estimate of drug-likeness (QED) is 0.629. The van der Waals surface area contributed by atoms with Crippen molar-refractivity contribution in [1.82, 2.24) is 14.7 Å². The van der Waals surface area contributed by atoms with Gasteiger partial charge in [-0.25, -0.2) is 18.1 Å². The molecule has 6 nitrogen and oxygen atoms in total. The number of benzene rings is 1. The molecule has 0 unspecified atom stereocenters. The Hall–Kier alpha value is -2.43. The summed E-state index contributed by atoms with van der Waals surface area (Å²) in [6.45, 7) is 0.278. The Kier molecular flexibility index (Phi) is 4.74. The minimum atomic E-state index is -4.51. The van der Waals surface area contributed by atoms with E-state index >= 15 is 0 Å². The van der Waals surface area contributed by atoms with Crippen LogP contribution in [0.4, 0.5) is 13.2 Å². The number of alkyl halides is 3. The zero-order valence-corrected chi connectivity index (χ0v) is 14.2. The van der Waals surface area contributed by atoms with Crippen molar-refractivity contribution in [2.24, 2.45) is 5.73 Å². The summed E-state index contributed by atoms with van der Waals surface area (Å²) in [6, 6.07) is 8.41. The number of H-pyrrole nitrogens is 1. The van der Waals surface area contributed by atoms with Crippen molar-refractivity contribution in [1.29, 1.82) is 0 Å². The van der Waals surface area contributed by atoms with Gasteiger partial charge in [-0.2, -0.15) is 13.2 Å². The van der Waals surface area contributed by atoms with Crippen LogP contribution in [0.2, 0.25) is 0 Å². The summed E-state index contributed by atoms with van der Waals surface area (Å²) in [6.07, 6.45) is -3.12. The average Bonchev–Trinajstić information content (AvgIpc) is 3.05. The molecule has 138 valence electrons. The molecule has 0 amide bonds. The fourth-order valence-corrected chi connectivity index (χ4v) is 3.57. The van der Waals surface area contributed by atoms with Gasteiger partial charge in [-0.15, -0.1) is 0 Å². The van der Waals surface area contributed by atoms with Crippen molar-refractivity contribution in [3.8, 4) is 11.1 Å². The first kappa shape index (κ1) is 18.4. The van der Waals surface area contributed by atoms with E-state index in [-0.39, 0.29) is 23.6 Å². The number of nitrogens with zero attached hydrogens (tertiary/aromatic N) is 1. The largest absolute Gasteiger partial charge is 0.431 e. The first-order valence-corrected chi connectivity index (χ1v) is 9.06. The molecule has 0 aliphatic carbocycles. The van der Waals surface area contributed by atoms with Crippen LogP contribution in [0.3, 0.4) is 0 Å². The third-order valence-corrected chi connectivity index (χ3v) is 5.23. The molecule has 2 heterocycles. The van der Waals surface area contributed by atoms with Crippen molar-refractivity contribution in [3.05, 3.63) is 48.3 Å². The maximum Gasteiger partial charge on any atom is 0.431 e. The lowest BCUT2D eigenvalue weighted by Gasteiger charge is -2.07. The third kappa shape index (κ3) is 3.57. The number of aromatic nitrogens is 2. The second-order valence-corrected chi connectivity index (χ2v) is 7.28. The number of hydrogen-bond acceptors (Lipinski definition) is 4. The van der Waals surface area contributed by atoms with E-state index in [4.69, 9.17) is 5.73 Å². The molecule has 0 aliphatic heterocycles. The van der Waals surface area contributed by atoms with Gasteiger partial charge >= 0.3 is 6.18 Å². The molecule has 10 heteroatoms. The second-order valence-electron chi connectivity index (χ2n) is 5.51. The van der Waals surface area contributed by atoms with E-state index in [1.54, 1.807) is 6.07 Å². The highest BCUT2D eigenvalue weighted by Gasteiger charge is 2.33. The number of hydrogen-bond donors (Lipinski definition) is 3. The molecule has 0 aliphatic rings. The lowest BCUT2D eigenvalue weighted by molar-refractivity contribution is -0.140. The van der Waals surface area contributed by atoms with Gasteiger partial charge in [0.2, 0.25) is 10.0 Å². The number of aromatic amines is 1. The lowest BCUT2D eigenvalue weighted by Crippen LogP contribution is -2.29. The highest BCUT2D eigenvalue weighted by atomic mass is 32.2. The molecule has 4 N–H and O–H groups in total. The smallest absolute Gasteiger partial charge is 0.336 e. The van der Waals surface area contributed by atoms with Gasteiger partial charge in [-0.05, 0) is 35.4 Å². The second kappa shape index (κ2) is 6.71. The van der Waals surface area contributed by atoms with Crippen LogP contribution < -0.4 is 10.5 Å². The van der Waals surface area contributed by atoms with Gasteiger partial charge in [0.15, 0.2) is 0 Å². The van der Waals surface area contributed by atoms with Crippen LogP contribution in [0, 0.1) is 0 Å². The van der Waals surface area contributed by atoms with Crippen molar-refractivity contribution in [2.45, 2.75) is 11.1 Å². The summed E-state index contributed by atoms with van der Waals surface area (Å²) in [5.41, 5.74) is 5.59. The van der Waals surface area contributed by atoms with Crippen LogP contribution in [-0.4, -0.2) is 31.5 Å². The number of fused-ring (bicyclic) bond motifs is 1. The summed E-state index contributed by atoms with van der Waals surface area (Å²) in [4.78, 5) is 6.22. The van der Waals surface area contributed by atoms with E-state index in [2.05, 4.69) is 14.7 Å². The number of nitrogens with two attached hydrogens (primary N) is 1. The third-order valence-electron chi connectivity index (χ3n) is 3.75. The Morgan fingerprint density at radius 3 is 2.46 bits per heavy atom. The number of halogens is 3.